The predicted octanol–water partition coefficient (Wildman–Crippen LogP) is 3.70. The van der Waals surface area contributed by atoms with Gasteiger partial charge in [0.25, 0.3) is 0 Å². The molecule has 152 valence electrons. The van der Waals surface area contributed by atoms with E-state index in [0.29, 0.717) is 6.04 Å². The summed E-state index contributed by atoms with van der Waals surface area (Å²) in [5.74, 6) is 1.55. The molecular formula is C22H31N3O3. The molecule has 0 radical (unpaired) electrons. The van der Waals surface area contributed by atoms with Gasteiger partial charge in [0.05, 0.1) is 20.3 Å². The fourth-order valence-corrected chi connectivity index (χ4v) is 4.00. The van der Waals surface area contributed by atoms with Crippen LogP contribution in [0.2, 0.25) is 0 Å². The first-order chi connectivity index (χ1) is 13.4. The van der Waals surface area contributed by atoms with Crippen molar-refractivity contribution in [2.24, 2.45) is 0 Å². The third-order valence-corrected chi connectivity index (χ3v) is 5.79. The van der Waals surface area contributed by atoms with E-state index < -0.39 is 0 Å². The highest BCUT2D eigenvalue weighted by Crippen LogP contribution is 2.37. The molecule has 1 saturated heterocycles. The average Bonchev–Trinajstić information content (AvgIpc) is 2.69. The Morgan fingerprint density at radius 3 is 2.61 bits per heavy atom. The molecule has 0 saturated carbocycles. The van der Waals surface area contributed by atoms with Gasteiger partial charge in [-0.2, -0.15) is 0 Å². The molecule has 28 heavy (non-hydrogen) atoms. The van der Waals surface area contributed by atoms with E-state index in [1.807, 2.05) is 37.3 Å². The number of fused-ring (bicyclic) bond motifs is 1. The summed E-state index contributed by atoms with van der Waals surface area (Å²) in [6, 6.07) is 10.2. The summed E-state index contributed by atoms with van der Waals surface area (Å²) in [6.45, 7) is 5.19. The van der Waals surface area contributed by atoms with Crippen LogP contribution in [-0.2, 0) is 0 Å². The molecule has 1 aliphatic rings. The molecule has 0 bridgehead atoms. The zero-order valence-electron chi connectivity index (χ0n) is 17.4. The van der Waals surface area contributed by atoms with Crippen molar-refractivity contribution in [2.45, 2.75) is 44.8 Å². The number of piperidine rings is 1. The Labute approximate surface area is 167 Å². The van der Waals surface area contributed by atoms with Crippen molar-refractivity contribution in [3.63, 3.8) is 0 Å². The molecule has 0 aliphatic carbocycles. The van der Waals surface area contributed by atoms with Crippen LogP contribution in [0.4, 0.5) is 4.79 Å². The zero-order valence-corrected chi connectivity index (χ0v) is 17.4. The maximum absolute atomic E-state index is 12.6. The van der Waals surface area contributed by atoms with Gasteiger partial charge in [0.15, 0.2) is 0 Å². The number of methoxy groups -OCH3 is 2. The standard InChI is InChI=1S/C22H31N3O3/c1-14-13-16(11-12-25(14)3)24-22(26)23-15(2)17-9-10-19(27-4)18-7-6-8-20(28-5)21(17)18/h6-10,14-16H,11-13H2,1-5H3,(H2,23,24,26). The van der Waals surface area contributed by atoms with Gasteiger partial charge in [-0.05, 0) is 51.4 Å². The molecule has 0 spiro atoms. The quantitative estimate of drug-likeness (QED) is 0.824. The third-order valence-electron chi connectivity index (χ3n) is 5.79. The summed E-state index contributed by atoms with van der Waals surface area (Å²) in [6.07, 6.45) is 1.94. The van der Waals surface area contributed by atoms with Gasteiger partial charge in [0.1, 0.15) is 11.5 Å². The molecular weight excluding hydrogens is 354 g/mol. The van der Waals surface area contributed by atoms with E-state index in [1.54, 1.807) is 14.2 Å². The van der Waals surface area contributed by atoms with Crippen molar-refractivity contribution in [3.05, 3.63) is 35.9 Å². The minimum atomic E-state index is -0.173. The normalized spacial score (nSPS) is 21.2. The fraction of sp³-hybridized carbons (Fsp3) is 0.500. The van der Waals surface area contributed by atoms with Gasteiger partial charge in [0.2, 0.25) is 0 Å². The first kappa shape index (κ1) is 20.3. The summed E-state index contributed by atoms with van der Waals surface area (Å²) in [4.78, 5) is 14.9. The first-order valence-corrected chi connectivity index (χ1v) is 9.85. The highest BCUT2D eigenvalue weighted by atomic mass is 16.5. The number of ether oxygens (including phenoxy) is 2. The number of benzene rings is 2. The van der Waals surface area contributed by atoms with Gasteiger partial charge in [-0.3, -0.25) is 0 Å². The molecule has 6 nitrogen and oxygen atoms in total. The number of nitrogens with one attached hydrogen (secondary N) is 2. The molecule has 2 amide bonds. The van der Waals surface area contributed by atoms with E-state index in [9.17, 15) is 4.79 Å². The average molecular weight is 386 g/mol. The van der Waals surface area contributed by atoms with Crippen LogP contribution in [0, 0.1) is 0 Å². The number of carbonyl (C=O) groups is 1. The molecule has 2 aromatic carbocycles. The van der Waals surface area contributed by atoms with Crippen molar-refractivity contribution in [1.82, 2.24) is 15.5 Å². The number of hydrogen-bond donors (Lipinski definition) is 2. The van der Waals surface area contributed by atoms with E-state index in [4.69, 9.17) is 9.47 Å². The van der Waals surface area contributed by atoms with Crippen molar-refractivity contribution in [1.29, 1.82) is 0 Å². The second-order valence-electron chi connectivity index (χ2n) is 7.63. The highest BCUT2D eigenvalue weighted by Gasteiger charge is 2.25. The molecule has 6 heteroatoms. The SMILES string of the molecule is COc1ccc(C(C)NC(=O)NC2CCN(C)C(C)C2)c2c(OC)cccc12. The minimum absolute atomic E-state index is 0.131. The van der Waals surface area contributed by atoms with E-state index in [-0.39, 0.29) is 18.1 Å². The maximum Gasteiger partial charge on any atom is 0.315 e. The molecule has 3 atom stereocenters. The third kappa shape index (κ3) is 4.17. The molecule has 3 unspecified atom stereocenters. The Bertz CT molecular complexity index is 839. The number of nitrogens with zero attached hydrogens (tertiary/aromatic N) is 1. The first-order valence-electron chi connectivity index (χ1n) is 9.85. The summed E-state index contributed by atoms with van der Waals surface area (Å²) in [5.41, 5.74) is 1.00. The molecule has 2 aromatic rings. The van der Waals surface area contributed by atoms with Crippen LogP contribution in [0.1, 0.15) is 38.3 Å². The Balaban J connectivity index is 1.78. The number of carbonyl (C=O) groups excluding carboxylic acids is 1. The number of amides is 2. The van der Waals surface area contributed by atoms with Gasteiger partial charge >= 0.3 is 6.03 Å². The van der Waals surface area contributed by atoms with Crippen LogP contribution in [0.5, 0.6) is 11.5 Å². The Hall–Kier alpha value is -2.47. The molecule has 1 heterocycles. The lowest BCUT2D eigenvalue weighted by Gasteiger charge is -2.35. The summed E-state index contributed by atoms with van der Waals surface area (Å²) >= 11 is 0. The lowest BCUT2D eigenvalue weighted by Crippen LogP contribution is -2.50. The van der Waals surface area contributed by atoms with Gasteiger partial charge in [-0.15, -0.1) is 0 Å². The second-order valence-corrected chi connectivity index (χ2v) is 7.63. The summed E-state index contributed by atoms with van der Waals surface area (Å²) in [7, 11) is 5.45. The van der Waals surface area contributed by atoms with Gasteiger partial charge in [0, 0.05) is 29.4 Å². The summed E-state index contributed by atoms with van der Waals surface area (Å²) < 4.78 is 11.1. The summed E-state index contributed by atoms with van der Waals surface area (Å²) in [5, 5.41) is 8.16. The Kier molecular flexibility index (Phi) is 6.29. The van der Waals surface area contributed by atoms with E-state index in [0.717, 1.165) is 47.2 Å². The number of urea groups is 1. The Morgan fingerprint density at radius 2 is 1.93 bits per heavy atom. The predicted molar refractivity (Wildman–Crippen MR) is 112 cm³/mol. The van der Waals surface area contributed by atoms with Crippen LogP contribution >= 0.6 is 0 Å². The van der Waals surface area contributed by atoms with E-state index in [2.05, 4.69) is 29.5 Å². The highest BCUT2D eigenvalue weighted by molar-refractivity contribution is 5.96. The van der Waals surface area contributed by atoms with Crippen LogP contribution < -0.4 is 20.1 Å². The zero-order chi connectivity index (χ0) is 20.3. The number of rotatable bonds is 5. The number of likely N-dealkylation sites (tertiary alicyclic amines) is 1. The minimum Gasteiger partial charge on any atom is -0.496 e. The largest absolute Gasteiger partial charge is 0.496 e. The smallest absolute Gasteiger partial charge is 0.315 e. The molecule has 0 aromatic heterocycles. The van der Waals surface area contributed by atoms with Crippen molar-refractivity contribution < 1.29 is 14.3 Å². The fourth-order valence-electron chi connectivity index (χ4n) is 4.00. The van der Waals surface area contributed by atoms with Crippen molar-refractivity contribution in [2.75, 3.05) is 27.8 Å². The molecule has 1 fully saturated rings. The lowest BCUT2D eigenvalue weighted by molar-refractivity contribution is 0.167. The topological polar surface area (TPSA) is 62.8 Å². The van der Waals surface area contributed by atoms with Gasteiger partial charge < -0.3 is 25.0 Å². The number of hydrogen-bond acceptors (Lipinski definition) is 4. The van der Waals surface area contributed by atoms with Crippen LogP contribution in [-0.4, -0.2) is 50.8 Å². The maximum atomic E-state index is 12.6. The Morgan fingerprint density at radius 1 is 1.18 bits per heavy atom. The monoisotopic (exact) mass is 385 g/mol. The molecule has 1 aliphatic heterocycles. The van der Waals surface area contributed by atoms with Gasteiger partial charge in [-0.25, -0.2) is 4.79 Å². The van der Waals surface area contributed by atoms with Crippen molar-refractivity contribution >= 4 is 16.8 Å². The van der Waals surface area contributed by atoms with Gasteiger partial charge in [-0.1, -0.05) is 18.2 Å². The lowest BCUT2D eigenvalue weighted by atomic mass is 9.97. The molecule has 2 N–H and O–H groups in total. The van der Waals surface area contributed by atoms with Crippen LogP contribution in [0.15, 0.2) is 30.3 Å². The van der Waals surface area contributed by atoms with E-state index >= 15 is 0 Å². The van der Waals surface area contributed by atoms with Crippen molar-refractivity contribution in [3.8, 4) is 11.5 Å². The second kappa shape index (κ2) is 8.69. The van der Waals surface area contributed by atoms with E-state index in [1.165, 1.54) is 0 Å². The molecule has 3 rings (SSSR count). The van der Waals surface area contributed by atoms with Crippen LogP contribution in [0.25, 0.3) is 10.8 Å². The van der Waals surface area contributed by atoms with Crippen LogP contribution in [0.3, 0.4) is 0 Å².